The number of carbonyl (C=O) groups excluding carboxylic acids is 2. The molecule has 24 heavy (non-hydrogen) atoms. The Morgan fingerprint density at radius 1 is 1.17 bits per heavy atom. The summed E-state index contributed by atoms with van der Waals surface area (Å²) in [6, 6.07) is 15.5. The first-order valence-electron chi connectivity index (χ1n) is 8.03. The third-order valence-electron chi connectivity index (χ3n) is 4.27. The van der Waals surface area contributed by atoms with Gasteiger partial charge < -0.3 is 9.80 Å². The Morgan fingerprint density at radius 2 is 1.83 bits per heavy atom. The van der Waals surface area contributed by atoms with Crippen molar-refractivity contribution in [3.05, 3.63) is 60.4 Å². The van der Waals surface area contributed by atoms with E-state index in [0.29, 0.717) is 6.54 Å². The van der Waals surface area contributed by atoms with Crippen molar-refractivity contribution in [3.8, 4) is 0 Å². The van der Waals surface area contributed by atoms with Crippen LogP contribution in [-0.4, -0.2) is 24.9 Å². The van der Waals surface area contributed by atoms with Gasteiger partial charge in [-0.3, -0.25) is 9.59 Å². The number of rotatable bonds is 4. The Kier molecular flexibility index (Phi) is 4.60. The molecule has 1 aliphatic rings. The molecular weight excluding hydrogens is 307 g/mol. The fraction of sp³-hybridized carbons (Fsp3) is 0.263. The molecule has 1 heterocycles. The van der Waals surface area contributed by atoms with Crippen molar-refractivity contribution in [3.63, 3.8) is 0 Å². The number of hydrogen-bond acceptors (Lipinski definition) is 2. The normalized spacial score (nSPS) is 17.2. The number of halogens is 1. The largest absolute Gasteiger partial charge is 0.312 e. The lowest BCUT2D eigenvalue weighted by Crippen LogP contribution is -2.37. The van der Waals surface area contributed by atoms with Gasteiger partial charge in [0.15, 0.2) is 0 Å². The Morgan fingerprint density at radius 3 is 2.50 bits per heavy atom. The van der Waals surface area contributed by atoms with Crippen molar-refractivity contribution in [1.29, 1.82) is 0 Å². The predicted molar refractivity (Wildman–Crippen MR) is 91.3 cm³/mol. The van der Waals surface area contributed by atoms with Crippen LogP contribution in [-0.2, 0) is 9.59 Å². The lowest BCUT2D eigenvalue weighted by atomic mass is 10.1. The van der Waals surface area contributed by atoms with E-state index < -0.39 is 11.7 Å². The van der Waals surface area contributed by atoms with E-state index in [1.54, 1.807) is 23.1 Å². The maximum atomic E-state index is 13.9. The number of benzene rings is 2. The first-order chi connectivity index (χ1) is 11.6. The molecule has 2 aromatic carbocycles. The van der Waals surface area contributed by atoms with Crippen molar-refractivity contribution >= 4 is 23.2 Å². The fourth-order valence-electron chi connectivity index (χ4n) is 3.07. The van der Waals surface area contributed by atoms with Gasteiger partial charge in [-0.1, -0.05) is 30.3 Å². The van der Waals surface area contributed by atoms with Crippen molar-refractivity contribution in [2.45, 2.75) is 13.3 Å². The summed E-state index contributed by atoms with van der Waals surface area (Å²) in [5.74, 6) is -1.23. The highest BCUT2D eigenvalue weighted by Gasteiger charge is 2.38. The van der Waals surface area contributed by atoms with Crippen LogP contribution in [0, 0.1) is 11.7 Å². The average Bonchev–Trinajstić information content (AvgIpc) is 2.98. The molecule has 5 heteroatoms. The standard InChI is InChI=1S/C19H19FN2O2/c1-2-21(15-8-4-3-5-9-15)19(24)14-12-18(23)22(13-14)17-11-7-6-10-16(17)20/h3-11,14H,2,12-13H2,1H3/t14-/m1/s1. The molecule has 0 saturated carbocycles. The second-order valence-electron chi connectivity index (χ2n) is 5.77. The summed E-state index contributed by atoms with van der Waals surface area (Å²) in [6.07, 6.45) is 0.108. The number of para-hydroxylation sites is 2. The zero-order valence-electron chi connectivity index (χ0n) is 13.5. The molecule has 1 aliphatic heterocycles. The minimum absolute atomic E-state index is 0.101. The second kappa shape index (κ2) is 6.83. The van der Waals surface area contributed by atoms with Crippen LogP contribution in [0.3, 0.4) is 0 Å². The van der Waals surface area contributed by atoms with Gasteiger partial charge in [0.1, 0.15) is 5.82 Å². The van der Waals surface area contributed by atoms with Crippen LogP contribution in [0.15, 0.2) is 54.6 Å². The predicted octanol–water partition coefficient (Wildman–Crippen LogP) is 3.23. The highest BCUT2D eigenvalue weighted by atomic mass is 19.1. The summed E-state index contributed by atoms with van der Waals surface area (Å²) in [5.41, 5.74) is 1.04. The van der Waals surface area contributed by atoms with Crippen LogP contribution in [0.2, 0.25) is 0 Å². The third-order valence-corrected chi connectivity index (χ3v) is 4.27. The molecule has 0 spiro atoms. The van der Waals surface area contributed by atoms with E-state index in [9.17, 15) is 14.0 Å². The number of hydrogen-bond donors (Lipinski definition) is 0. The first kappa shape index (κ1) is 16.2. The molecule has 1 atom stereocenters. The van der Waals surface area contributed by atoms with Gasteiger partial charge in [0, 0.05) is 25.2 Å². The monoisotopic (exact) mass is 326 g/mol. The molecule has 0 aromatic heterocycles. The average molecular weight is 326 g/mol. The van der Waals surface area contributed by atoms with E-state index in [0.717, 1.165) is 5.69 Å². The number of carbonyl (C=O) groups is 2. The zero-order valence-corrected chi connectivity index (χ0v) is 13.5. The van der Waals surface area contributed by atoms with Crippen molar-refractivity contribution < 1.29 is 14.0 Å². The lowest BCUT2D eigenvalue weighted by molar-refractivity contribution is -0.124. The fourth-order valence-corrected chi connectivity index (χ4v) is 3.07. The maximum Gasteiger partial charge on any atom is 0.232 e. The van der Waals surface area contributed by atoms with Crippen molar-refractivity contribution in [2.75, 3.05) is 22.9 Å². The summed E-state index contributed by atoms with van der Waals surface area (Å²) >= 11 is 0. The quantitative estimate of drug-likeness (QED) is 0.865. The third kappa shape index (κ3) is 3.02. The SMILES string of the molecule is CCN(C(=O)[C@@H]1CC(=O)N(c2ccccc2F)C1)c1ccccc1. The lowest BCUT2D eigenvalue weighted by Gasteiger charge is -2.24. The van der Waals surface area contributed by atoms with Gasteiger partial charge in [-0.05, 0) is 31.2 Å². The summed E-state index contributed by atoms with van der Waals surface area (Å²) in [6.45, 7) is 2.63. The molecule has 0 bridgehead atoms. The molecule has 2 amide bonds. The highest BCUT2D eigenvalue weighted by Crippen LogP contribution is 2.29. The summed E-state index contributed by atoms with van der Waals surface area (Å²) in [5, 5.41) is 0. The van der Waals surface area contributed by atoms with Gasteiger partial charge in [-0.15, -0.1) is 0 Å². The van der Waals surface area contributed by atoms with Gasteiger partial charge in [-0.25, -0.2) is 4.39 Å². The van der Waals surface area contributed by atoms with Crippen LogP contribution in [0.5, 0.6) is 0 Å². The number of anilines is 2. The molecular formula is C19H19FN2O2. The van der Waals surface area contributed by atoms with Crippen molar-refractivity contribution in [1.82, 2.24) is 0 Å². The van der Waals surface area contributed by atoms with Crippen molar-refractivity contribution in [2.24, 2.45) is 5.92 Å². The molecule has 4 nitrogen and oxygen atoms in total. The minimum atomic E-state index is -0.461. The van der Waals surface area contributed by atoms with E-state index in [1.165, 1.54) is 11.0 Å². The Hall–Kier alpha value is -2.69. The van der Waals surface area contributed by atoms with Crippen LogP contribution < -0.4 is 9.80 Å². The number of nitrogens with zero attached hydrogens (tertiary/aromatic N) is 2. The zero-order chi connectivity index (χ0) is 17.1. The van der Waals surface area contributed by atoms with Gasteiger partial charge >= 0.3 is 0 Å². The van der Waals surface area contributed by atoms with Crippen LogP contribution in [0.25, 0.3) is 0 Å². The van der Waals surface area contributed by atoms with E-state index in [2.05, 4.69) is 0 Å². The van der Waals surface area contributed by atoms with Gasteiger partial charge in [0.25, 0.3) is 0 Å². The smallest absolute Gasteiger partial charge is 0.232 e. The molecule has 0 N–H and O–H groups in total. The first-order valence-corrected chi connectivity index (χ1v) is 8.03. The van der Waals surface area contributed by atoms with E-state index >= 15 is 0 Å². The summed E-state index contributed by atoms with van der Waals surface area (Å²) in [4.78, 5) is 28.2. The molecule has 0 radical (unpaired) electrons. The Labute approximate surface area is 140 Å². The number of amides is 2. The van der Waals surface area contributed by atoms with E-state index in [-0.39, 0.29) is 30.5 Å². The van der Waals surface area contributed by atoms with Crippen LogP contribution in [0.1, 0.15) is 13.3 Å². The summed E-state index contributed by atoms with van der Waals surface area (Å²) < 4.78 is 13.9. The molecule has 3 rings (SSSR count). The van der Waals surface area contributed by atoms with Crippen LogP contribution in [0.4, 0.5) is 15.8 Å². The van der Waals surface area contributed by atoms with E-state index in [4.69, 9.17) is 0 Å². The Bertz CT molecular complexity index is 748. The molecule has 0 aliphatic carbocycles. The van der Waals surface area contributed by atoms with Gasteiger partial charge in [0.2, 0.25) is 11.8 Å². The molecule has 2 aromatic rings. The second-order valence-corrected chi connectivity index (χ2v) is 5.77. The van der Waals surface area contributed by atoms with Gasteiger partial charge in [-0.2, -0.15) is 0 Å². The molecule has 0 unspecified atom stereocenters. The van der Waals surface area contributed by atoms with E-state index in [1.807, 2.05) is 37.3 Å². The highest BCUT2D eigenvalue weighted by molar-refractivity contribution is 6.04. The molecule has 1 saturated heterocycles. The summed E-state index contributed by atoms with van der Waals surface area (Å²) in [7, 11) is 0. The van der Waals surface area contributed by atoms with Crippen LogP contribution >= 0.6 is 0 Å². The molecule has 1 fully saturated rings. The topological polar surface area (TPSA) is 40.6 Å². The molecule has 124 valence electrons. The maximum absolute atomic E-state index is 13.9. The van der Waals surface area contributed by atoms with Gasteiger partial charge in [0.05, 0.1) is 11.6 Å². The minimum Gasteiger partial charge on any atom is -0.312 e. The Balaban J connectivity index is 1.80.